The number of hydrogen-bond acceptors (Lipinski definition) is 2. The van der Waals surface area contributed by atoms with E-state index in [1.165, 1.54) is 4.57 Å². The maximum absolute atomic E-state index is 11.0. The van der Waals surface area contributed by atoms with Crippen molar-refractivity contribution < 1.29 is 0 Å². The average Bonchev–Trinajstić information content (AvgIpc) is 1.93. The highest BCUT2D eigenvalue weighted by atomic mass is 79.9. The van der Waals surface area contributed by atoms with Crippen molar-refractivity contribution in [2.24, 2.45) is 7.05 Å². The van der Waals surface area contributed by atoms with Crippen LogP contribution in [0.15, 0.2) is 21.4 Å². The first-order valence-corrected chi connectivity index (χ1v) is 3.53. The summed E-state index contributed by atoms with van der Waals surface area (Å²) in [6.45, 7) is 0. The van der Waals surface area contributed by atoms with Crippen LogP contribution in [0, 0.1) is 0 Å². The van der Waals surface area contributed by atoms with Crippen LogP contribution in [-0.2, 0) is 7.05 Å². The van der Waals surface area contributed by atoms with Gasteiger partial charge in [0.1, 0.15) is 5.82 Å². The fourth-order valence-corrected chi connectivity index (χ4v) is 1.02. The van der Waals surface area contributed by atoms with Crippen LogP contribution >= 0.6 is 15.9 Å². The zero-order valence-electron chi connectivity index (χ0n) is 5.47. The lowest BCUT2D eigenvalue weighted by atomic mass is 10.4. The second-order valence-electron chi connectivity index (χ2n) is 1.97. The number of nitrogens with two attached hydrogens (primary N) is 1. The Morgan fingerprint density at radius 2 is 2.20 bits per heavy atom. The van der Waals surface area contributed by atoms with Gasteiger partial charge in [0, 0.05) is 7.05 Å². The maximum Gasteiger partial charge on any atom is 0.266 e. The Bertz CT molecular complexity index is 305. The molecule has 0 bridgehead atoms. The molecule has 0 atom stereocenters. The molecule has 0 saturated carbocycles. The molecule has 0 saturated heterocycles. The van der Waals surface area contributed by atoms with E-state index in [0.717, 1.165) is 0 Å². The minimum absolute atomic E-state index is 0.111. The van der Waals surface area contributed by atoms with E-state index in [1.54, 1.807) is 19.2 Å². The fraction of sp³-hybridized carbons (Fsp3) is 0.167. The average molecular weight is 203 g/mol. The second-order valence-corrected chi connectivity index (χ2v) is 2.82. The highest BCUT2D eigenvalue weighted by Crippen LogP contribution is 2.04. The van der Waals surface area contributed by atoms with Crippen molar-refractivity contribution in [3.05, 3.63) is 27.0 Å². The quantitative estimate of drug-likeness (QED) is 0.675. The molecule has 2 N–H and O–H groups in total. The summed E-state index contributed by atoms with van der Waals surface area (Å²) in [6.07, 6.45) is 0. The number of halogens is 1. The van der Waals surface area contributed by atoms with Crippen LogP contribution in [0.4, 0.5) is 5.82 Å². The lowest BCUT2D eigenvalue weighted by Crippen LogP contribution is -2.19. The van der Waals surface area contributed by atoms with Crippen LogP contribution in [0.2, 0.25) is 0 Å². The Morgan fingerprint density at radius 3 is 2.70 bits per heavy atom. The van der Waals surface area contributed by atoms with Crippen molar-refractivity contribution in [3.63, 3.8) is 0 Å². The zero-order chi connectivity index (χ0) is 7.72. The van der Waals surface area contributed by atoms with Crippen LogP contribution in [0.5, 0.6) is 0 Å². The van der Waals surface area contributed by atoms with Gasteiger partial charge in [0.2, 0.25) is 0 Å². The van der Waals surface area contributed by atoms with Crippen molar-refractivity contribution in [1.29, 1.82) is 0 Å². The largest absolute Gasteiger partial charge is 0.385 e. The highest BCUT2D eigenvalue weighted by molar-refractivity contribution is 9.10. The molecule has 0 fully saturated rings. The highest BCUT2D eigenvalue weighted by Gasteiger charge is 1.97. The van der Waals surface area contributed by atoms with E-state index in [4.69, 9.17) is 5.73 Å². The Labute approximate surface area is 66.6 Å². The molecule has 0 aliphatic carbocycles. The number of anilines is 1. The first-order valence-electron chi connectivity index (χ1n) is 2.74. The predicted molar refractivity (Wildman–Crippen MR) is 43.8 cm³/mol. The lowest BCUT2D eigenvalue weighted by molar-refractivity contribution is 0.868. The summed E-state index contributed by atoms with van der Waals surface area (Å²) in [5.41, 5.74) is 5.32. The summed E-state index contributed by atoms with van der Waals surface area (Å²) >= 11 is 3.09. The van der Waals surface area contributed by atoms with Gasteiger partial charge in [-0.25, -0.2) is 0 Å². The van der Waals surface area contributed by atoms with Crippen LogP contribution in [0.1, 0.15) is 0 Å². The standard InChI is InChI=1S/C6H7BrN2O/c1-9-5(8)3-2-4(7)6(9)10/h2-3H,8H2,1H3. The molecule has 10 heavy (non-hydrogen) atoms. The number of pyridine rings is 1. The Balaban J connectivity index is 3.50. The third-order valence-electron chi connectivity index (χ3n) is 1.30. The smallest absolute Gasteiger partial charge is 0.266 e. The number of hydrogen-bond donors (Lipinski definition) is 1. The number of nitrogens with zero attached hydrogens (tertiary/aromatic N) is 1. The first kappa shape index (κ1) is 7.34. The van der Waals surface area contributed by atoms with Crippen LogP contribution < -0.4 is 11.3 Å². The minimum Gasteiger partial charge on any atom is -0.385 e. The minimum atomic E-state index is -0.111. The van der Waals surface area contributed by atoms with Gasteiger partial charge in [-0.3, -0.25) is 9.36 Å². The monoisotopic (exact) mass is 202 g/mol. The van der Waals surface area contributed by atoms with Gasteiger partial charge in [-0.1, -0.05) is 0 Å². The van der Waals surface area contributed by atoms with Gasteiger partial charge in [0.15, 0.2) is 0 Å². The van der Waals surface area contributed by atoms with Gasteiger partial charge in [-0.2, -0.15) is 0 Å². The zero-order valence-corrected chi connectivity index (χ0v) is 7.05. The van der Waals surface area contributed by atoms with E-state index in [1.807, 2.05) is 0 Å². The Kier molecular flexibility index (Phi) is 1.80. The molecule has 1 heterocycles. The molecule has 4 heteroatoms. The van der Waals surface area contributed by atoms with Crippen molar-refractivity contribution in [3.8, 4) is 0 Å². The van der Waals surface area contributed by atoms with Crippen molar-refractivity contribution in [2.75, 3.05) is 5.73 Å². The van der Waals surface area contributed by atoms with E-state index in [2.05, 4.69) is 15.9 Å². The third-order valence-corrected chi connectivity index (χ3v) is 1.90. The lowest BCUT2D eigenvalue weighted by Gasteiger charge is -2.00. The maximum atomic E-state index is 11.0. The molecule has 0 aliphatic heterocycles. The fourth-order valence-electron chi connectivity index (χ4n) is 0.619. The van der Waals surface area contributed by atoms with Gasteiger partial charge in [-0.15, -0.1) is 0 Å². The Hall–Kier alpha value is -0.770. The molecule has 0 aromatic carbocycles. The third kappa shape index (κ3) is 1.07. The summed E-state index contributed by atoms with van der Waals surface area (Å²) < 4.78 is 1.91. The van der Waals surface area contributed by atoms with E-state index < -0.39 is 0 Å². The summed E-state index contributed by atoms with van der Waals surface area (Å²) in [5.74, 6) is 0.466. The van der Waals surface area contributed by atoms with E-state index >= 15 is 0 Å². The van der Waals surface area contributed by atoms with Crippen LogP contribution in [0.25, 0.3) is 0 Å². The molecule has 1 aromatic rings. The van der Waals surface area contributed by atoms with Crippen molar-refractivity contribution in [2.45, 2.75) is 0 Å². The van der Waals surface area contributed by atoms with Gasteiger partial charge in [0.05, 0.1) is 4.47 Å². The molecule has 0 spiro atoms. The van der Waals surface area contributed by atoms with E-state index in [0.29, 0.717) is 10.3 Å². The Morgan fingerprint density at radius 1 is 1.60 bits per heavy atom. The number of aromatic nitrogens is 1. The van der Waals surface area contributed by atoms with Gasteiger partial charge in [-0.05, 0) is 28.1 Å². The number of nitrogen functional groups attached to an aromatic ring is 1. The summed E-state index contributed by atoms with van der Waals surface area (Å²) in [6, 6.07) is 3.31. The van der Waals surface area contributed by atoms with E-state index in [9.17, 15) is 4.79 Å². The van der Waals surface area contributed by atoms with Gasteiger partial charge < -0.3 is 5.73 Å². The molecule has 0 unspecified atom stereocenters. The molecule has 0 radical (unpaired) electrons. The molecular formula is C6H7BrN2O. The van der Waals surface area contributed by atoms with Crippen molar-refractivity contribution >= 4 is 21.7 Å². The molecule has 1 aromatic heterocycles. The van der Waals surface area contributed by atoms with Crippen LogP contribution in [-0.4, -0.2) is 4.57 Å². The van der Waals surface area contributed by atoms with Crippen LogP contribution in [0.3, 0.4) is 0 Å². The molecule has 0 amide bonds. The molecule has 3 nitrogen and oxygen atoms in total. The van der Waals surface area contributed by atoms with E-state index in [-0.39, 0.29) is 5.56 Å². The number of rotatable bonds is 0. The molecule has 54 valence electrons. The van der Waals surface area contributed by atoms with Gasteiger partial charge in [0.25, 0.3) is 5.56 Å². The summed E-state index contributed by atoms with van der Waals surface area (Å²) in [7, 11) is 1.63. The SMILES string of the molecule is Cn1c(N)ccc(Br)c1=O. The second kappa shape index (κ2) is 2.46. The molecular weight excluding hydrogens is 196 g/mol. The summed E-state index contributed by atoms with van der Waals surface area (Å²) in [5, 5.41) is 0. The van der Waals surface area contributed by atoms with Gasteiger partial charge >= 0.3 is 0 Å². The summed E-state index contributed by atoms with van der Waals surface area (Å²) in [4.78, 5) is 11.0. The van der Waals surface area contributed by atoms with Crippen molar-refractivity contribution in [1.82, 2.24) is 4.57 Å². The molecule has 0 aliphatic rings. The first-order chi connectivity index (χ1) is 4.63. The topological polar surface area (TPSA) is 48.0 Å². The predicted octanol–water partition coefficient (Wildman–Crippen LogP) is 0.730. The normalized spacial score (nSPS) is 9.80. The molecule has 1 rings (SSSR count).